The number of ether oxygens (including phenoxy) is 1. The lowest BCUT2D eigenvalue weighted by Gasteiger charge is -2.05. The van der Waals surface area contributed by atoms with Crippen LogP contribution < -0.4 is 10.2 Å². The largest absolute Gasteiger partial charge is 0.496 e. The maximum atomic E-state index is 12.5. The SMILES string of the molecule is COc1cc([N+](=O)[O-])ccc1-c1ccc(/C=N\NC(=O)c2cccc3ccccc23)o1. The fourth-order valence-corrected chi connectivity index (χ4v) is 3.20. The van der Waals surface area contributed by atoms with Crippen LogP contribution in [0.3, 0.4) is 0 Å². The van der Waals surface area contributed by atoms with Crippen LogP contribution in [-0.2, 0) is 0 Å². The summed E-state index contributed by atoms with van der Waals surface area (Å²) in [4.78, 5) is 23.0. The van der Waals surface area contributed by atoms with Gasteiger partial charge in [-0.15, -0.1) is 0 Å². The van der Waals surface area contributed by atoms with E-state index in [4.69, 9.17) is 9.15 Å². The summed E-state index contributed by atoms with van der Waals surface area (Å²) in [6.45, 7) is 0. The van der Waals surface area contributed by atoms with Gasteiger partial charge in [-0.3, -0.25) is 14.9 Å². The van der Waals surface area contributed by atoms with E-state index in [1.807, 2.05) is 36.4 Å². The summed E-state index contributed by atoms with van der Waals surface area (Å²) in [7, 11) is 1.43. The number of carbonyl (C=O) groups excluding carboxylic acids is 1. The number of furan rings is 1. The van der Waals surface area contributed by atoms with Crippen molar-refractivity contribution in [2.45, 2.75) is 0 Å². The van der Waals surface area contributed by atoms with Gasteiger partial charge in [-0.25, -0.2) is 5.43 Å². The molecule has 1 aromatic heterocycles. The summed E-state index contributed by atoms with van der Waals surface area (Å²) in [5.41, 5.74) is 3.51. The molecule has 0 saturated heterocycles. The molecule has 1 N–H and O–H groups in total. The van der Waals surface area contributed by atoms with E-state index >= 15 is 0 Å². The van der Waals surface area contributed by atoms with Crippen molar-refractivity contribution in [3.8, 4) is 17.1 Å². The number of carbonyl (C=O) groups is 1. The van der Waals surface area contributed by atoms with Crippen molar-refractivity contribution in [3.05, 3.63) is 94.2 Å². The molecule has 8 nitrogen and oxygen atoms in total. The highest BCUT2D eigenvalue weighted by atomic mass is 16.6. The van der Waals surface area contributed by atoms with Crippen LogP contribution in [0.1, 0.15) is 16.1 Å². The number of methoxy groups -OCH3 is 1. The van der Waals surface area contributed by atoms with E-state index in [0.717, 1.165) is 10.8 Å². The summed E-state index contributed by atoms with van der Waals surface area (Å²) in [6.07, 6.45) is 1.38. The fraction of sp³-hybridized carbons (Fsp3) is 0.0435. The van der Waals surface area contributed by atoms with Crippen molar-refractivity contribution >= 4 is 28.6 Å². The molecule has 154 valence electrons. The van der Waals surface area contributed by atoms with Crippen LogP contribution in [0, 0.1) is 10.1 Å². The number of amides is 1. The van der Waals surface area contributed by atoms with E-state index in [2.05, 4.69) is 10.5 Å². The first kappa shape index (κ1) is 19.8. The van der Waals surface area contributed by atoms with Crippen molar-refractivity contribution < 1.29 is 18.9 Å². The van der Waals surface area contributed by atoms with Gasteiger partial charge in [0.1, 0.15) is 17.3 Å². The zero-order valence-electron chi connectivity index (χ0n) is 16.4. The molecule has 31 heavy (non-hydrogen) atoms. The number of nitrogens with one attached hydrogen (secondary N) is 1. The van der Waals surface area contributed by atoms with Gasteiger partial charge in [-0.2, -0.15) is 5.10 Å². The highest BCUT2D eigenvalue weighted by Crippen LogP contribution is 2.34. The minimum absolute atomic E-state index is 0.0786. The molecule has 4 aromatic rings. The Bertz CT molecular complexity index is 1300. The fourth-order valence-electron chi connectivity index (χ4n) is 3.20. The summed E-state index contributed by atoms with van der Waals surface area (Å²) in [5.74, 6) is 0.829. The Morgan fingerprint density at radius 2 is 1.90 bits per heavy atom. The number of benzene rings is 3. The first-order chi connectivity index (χ1) is 15.1. The number of rotatable bonds is 6. The molecule has 8 heteroatoms. The van der Waals surface area contributed by atoms with Crippen LogP contribution in [-0.4, -0.2) is 24.2 Å². The normalized spacial score (nSPS) is 11.0. The predicted octanol–water partition coefficient (Wildman–Crippen LogP) is 4.78. The average molecular weight is 415 g/mol. The van der Waals surface area contributed by atoms with Gasteiger partial charge >= 0.3 is 0 Å². The molecule has 0 spiro atoms. The number of non-ortho nitro benzene ring substituents is 1. The maximum Gasteiger partial charge on any atom is 0.273 e. The van der Waals surface area contributed by atoms with Crippen LogP contribution in [0.25, 0.3) is 22.1 Å². The van der Waals surface area contributed by atoms with Crippen LogP contribution in [0.2, 0.25) is 0 Å². The van der Waals surface area contributed by atoms with Gasteiger partial charge in [-0.05, 0) is 35.0 Å². The number of hydrazone groups is 1. The lowest BCUT2D eigenvalue weighted by molar-refractivity contribution is -0.384. The van der Waals surface area contributed by atoms with E-state index in [1.165, 1.54) is 25.5 Å². The van der Waals surface area contributed by atoms with Crippen LogP contribution in [0.5, 0.6) is 5.75 Å². The summed E-state index contributed by atoms with van der Waals surface area (Å²) in [5, 5.41) is 16.7. The summed E-state index contributed by atoms with van der Waals surface area (Å²) < 4.78 is 11.0. The van der Waals surface area contributed by atoms with Gasteiger partial charge in [0.25, 0.3) is 11.6 Å². The average Bonchev–Trinajstić information content (AvgIpc) is 3.26. The van der Waals surface area contributed by atoms with E-state index in [-0.39, 0.29) is 11.6 Å². The van der Waals surface area contributed by atoms with Gasteiger partial charge in [0, 0.05) is 11.6 Å². The molecule has 0 radical (unpaired) electrons. The molecular formula is C23H17N3O5. The molecular weight excluding hydrogens is 398 g/mol. The van der Waals surface area contributed by atoms with Crippen molar-refractivity contribution in [2.24, 2.45) is 5.10 Å². The minimum Gasteiger partial charge on any atom is -0.496 e. The van der Waals surface area contributed by atoms with E-state index in [1.54, 1.807) is 24.3 Å². The van der Waals surface area contributed by atoms with Crippen LogP contribution in [0.15, 0.2) is 82.3 Å². The van der Waals surface area contributed by atoms with Gasteiger partial charge in [0.05, 0.1) is 29.9 Å². The van der Waals surface area contributed by atoms with E-state index in [0.29, 0.717) is 28.4 Å². The third-order valence-corrected chi connectivity index (χ3v) is 4.68. The summed E-state index contributed by atoms with van der Waals surface area (Å²) in [6, 6.07) is 20.7. The molecule has 1 heterocycles. The maximum absolute atomic E-state index is 12.5. The Balaban J connectivity index is 1.50. The Morgan fingerprint density at radius 3 is 2.71 bits per heavy atom. The van der Waals surface area contributed by atoms with Crippen molar-refractivity contribution in [1.82, 2.24) is 5.43 Å². The molecule has 0 unspecified atom stereocenters. The Kier molecular flexibility index (Phi) is 5.44. The number of nitrogens with zero attached hydrogens (tertiary/aromatic N) is 2. The standard InChI is InChI=1S/C23H17N3O5/c1-30-22-13-16(26(28)29)9-11-20(22)21-12-10-17(31-21)14-24-25-23(27)19-8-4-6-15-5-2-3-7-18(15)19/h2-14H,1H3,(H,25,27)/b24-14-. The molecule has 0 fully saturated rings. The number of nitro benzene ring substituents is 1. The first-order valence-corrected chi connectivity index (χ1v) is 9.30. The molecule has 3 aromatic carbocycles. The first-order valence-electron chi connectivity index (χ1n) is 9.30. The van der Waals surface area contributed by atoms with Gasteiger partial charge in [0.2, 0.25) is 0 Å². The van der Waals surface area contributed by atoms with E-state index < -0.39 is 4.92 Å². The number of nitro groups is 1. The second-order valence-electron chi connectivity index (χ2n) is 6.57. The van der Waals surface area contributed by atoms with E-state index in [9.17, 15) is 14.9 Å². The van der Waals surface area contributed by atoms with Crippen LogP contribution in [0.4, 0.5) is 5.69 Å². The van der Waals surface area contributed by atoms with Gasteiger partial charge < -0.3 is 9.15 Å². The van der Waals surface area contributed by atoms with Crippen LogP contribution >= 0.6 is 0 Å². The highest BCUT2D eigenvalue weighted by Gasteiger charge is 2.15. The number of fused-ring (bicyclic) bond motifs is 1. The topological polar surface area (TPSA) is 107 Å². The van der Waals surface area contributed by atoms with Gasteiger partial charge in [0.15, 0.2) is 0 Å². The smallest absolute Gasteiger partial charge is 0.273 e. The highest BCUT2D eigenvalue weighted by molar-refractivity contribution is 6.07. The molecule has 0 aliphatic rings. The zero-order valence-corrected chi connectivity index (χ0v) is 16.4. The summed E-state index contributed by atoms with van der Waals surface area (Å²) >= 11 is 0. The molecule has 1 amide bonds. The van der Waals surface area contributed by atoms with Crippen molar-refractivity contribution in [1.29, 1.82) is 0 Å². The Morgan fingerprint density at radius 1 is 1.10 bits per heavy atom. The van der Waals surface area contributed by atoms with Crippen molar-refractivity contribution in [2.75, 3.05) is 7.11 Å². The monoisotopic (exact) mass is 415 g/mol. The molecule has 0 atom stereocenters. The molecule has 0 saturated carbocycles. The lowest BCUT2D eigenvalue weighted by Crippen LogP contribution is -2.17. The third kappa shape index (κ3) is 4.13. The van der Waals surface area contributed by atoms with Gasteiger partial charge in [-0.1, -0.05) is 36.4 Å². The molecule has 0 aliphatic carbocycles. The molecule has 0 aliphatic heterocycles. The third-order valence-electron chi connectivity index (χ3n) is 4.68. The Labute approximate surface area is 176 Å². The van der Waals surface area contributed by atoms with Crippen molar-refractivity contribution in [3.63, 3.8) is 0 Å². The zero-order chi connectivity index (χ0) is 21.8. The quantitative estimate of drug-likeness (QED) is 0.277. The number of hydrogen-bond donors (Lipinski definition) is 1. The molecule has 0 bridgehead atoms. The predicted molar refractivity (Wildman–Crippen MR) is 116 cm³/mol. The number of hydrogen-bond acceptors (Lipinski definition) is 6. The lowest BCUT2D eigenvalue weighted by atomic mass is 10.0. The minimum atomic E-state index is -0.495. The second kappa shape index (κ2) is 8.50. The molecule has 4 rings (SSSR count). The Hall–Kier alpha value is -4.46. The second-order valence-corrected chi connectivity index (χ2v) is 6.57.